The van der Waals surface area contributed by atoms with Crippen LogP contribution in [0.1, 0.15) is 37.7 Å². The zero-order valence-corrected chi connectivity index (χ0v) is 9.91. The van der Waals surface area contributed by atoms with Gasteiger partial charge in [-0.2, -0.15) is 0 Å². The van der Waals surface area contributed by atoms with Crippen LogP contribution < -0.4 is 0 Å². The van der Waals surface area contributed by atoms with Crippen molar-refractivity contribution in [3.63, 3.8) is 0 Å². The Labute approximate surface area is 98.7 Å². The number of rotatable bonds is 3. The summed E-state index contributed by atoms with van der Waals surface area (Å²) in [4.78, 5) is 0. The summed E-state index contributed by atoms with van der Waals surface area (Å²) in [6.07, 6.45) is 6.69. The van der Waals surface area contributed by atoms with E-state index in [2.05, 4.69) is 37.4 Å². The predicted molar refractivity (Wildman–Crippen MR) is 71.2 cm³/mol. The fourth-order valence-electron chi connectivity index (χ4n) is 2.52. The third-order valence-corrected chi connectivity index (χ3v) is 3.61. The van der Waals surface area contributed by atoms with Crippen molar-refractivity contribution < 1.29 is 0 Å². The molecule has 1 aromatic carbocycles. The van der Waals surface area contributed by atoms with E-state index in [1.165, 1.54) is 43.2 Å². The Morgan fingerprint density at radius 2 is 1.56 bits per heavy atom. The highest BCUT2D eigenvalue weighted by Crippen LogP contribution is 2.35. The van der Waals surface area contributed by atoms with Crippen molar-refractivity contribution in [3.05, 3.63) is 54.6 Å². The van der Waals surface area contributed by atoms with Gasteiger partial charge in [0, 0.05) is 0 Å². The van der Waals surface area contributed by atoms with E-state index >= 15 is 0 Å². The van der Waals surface area contributed by atoms with Crippen molar-refractivity contribution in [3.8, 4) is 0 Å². The van der Waals surface area contributed by atoms with Crippen LogP contribution in [0.5, 0.6) is 0 Å². The van der Waals surface area contributed by atoms with Crippen LogP contribution in [-0.4, -0.2) is 0 Å². The van der Waals surface area contributed by atoms with Crippen molar-refractivity contribution >= 4 is 5.57 Å². The van der Waals surface area contributed by atoms with Gasteiger partial charge in [-0.05, 0) is 35.5 Å². The molecule has 1 saturated carbocycles. The normalized spacial score (nSPS) is 17.0. The van der Waals surface area contributed by atoms with E-state index in [4.69, 9.17) is 0 Å². The maximum absolute atomic E-state index is 4.26. The second-order valence-electron chi connectivity index (χ2n) is 4.70. The SMILES string of the molecule is C=C(C(=C)C1CCCCC1)c1ccccc1. The first-order valence-electron chi connectivity index (χ1n) is 6.22. The Hall–Kier alpha value is -1.30. The molecule has 0 nitrogen and oxygen atoms in total. The number of hydrogen-bond acceptors (Lipinski definition) is 0. The largest absolute Gasteiger partial charge is 0.0950 e. The standard InChI is InChI=1S/C16H20/c1-13(15-9-5-3-6-10-15)14(2)16-11-7-4-8-12-16/h3,5-6,9-10,16H,1-2,4,7-8,11-12H2. The summed E-state index contributed by atoms with van der Waals surface area (Å²) >= 11 is 0. The fraction of sp³-hybridized carbons (Fsp3) is 0.375. The van der Waals surface area contributed by atoms with Gasteiger partial charge in [-0.15, -0.1) is 0 Å². The Kier molecular flexibility index (Phi) is 3.61. The lowest BCUT2D eigenvalue weighted by molar-refractivity contribution is 0.410. The highest BCUT2D eigenvalue weighted by Gasteiger charge is 2.18. The molecule has 0 amide bonds. The van der Waals surface area contributed by atoms with Gasteiger partial charge in [-0.1, -0.05) is 62.8 Å². The molecule has 16 heavy (non-hydrogen) atoms. The molecule has 1 fully saturated rings. The zero-order chi connectivity index (χ0) is 11.4. The van der Waals surface area contributed by atoms with E-state index in [-0.39, 0.29) is 0 Å². The van der Waals surface area contributed by atoms with E-state index in [1.807, 2.05) is 6.07 Å². The number of allylic oxidation sites excluding steroid dienone is 2. The summed E-state index contributed by atoms with van der Waals surface area (Å²) in [5.74, 6) is 0.668. The lowest BCUT2D eigenvalue weighted by Gasteiger charge is -2.25. The van der Waals surface area contributed by atoms with Gasteiger partial charge in [0.1, 0.15) is 0 Å². The minimum Gasteiger partial charge on any atom is -0.0950 e. The molecule has 0 spiro atoms. The first kappa shape index (κ1) is 11.2. The molecule has 0 heteroatoms. The molecule has 0 heterocycles. The van der Waals surface area contributed by atoms with Crippen LogP contribution in [0.25, 0.3) is 5.57 Å². The lowest BCUT2D eigenvalue weighted by Crippen LogP contribution is -2.09. The van der Waals surface area contributed by atoms with Gasteiger partial charge in [0.05, 0.1) is 0 Å². The molecule has 0 N–H and O–H groups in total. The van der Waals surface area contributed by atoms with Crippen LogP contribution in [0.4, 0.5) is 0 Å². The van der Waals surface area contributed by atoms with Gasteiger partial charge < -0.3 is 0 Å². The van der Waals surface area contributed by atoms with E-state index in [1.54, 1.807) is 0 Å². The highest BCUT2D eigenvalue weighted by atomic mass is 14.2. The Morgan fingerprint density at radius 3 is 2.19 bits per heavy atom. The van der Waals surface area contributed by atoms with Crippen molar-refractivity contribution in [2.75, 3.05) is 0 Å². The second kappa shape index (κ2) is 5.16. The summed E-state index contributed by atoms with van der Waals surface area (Å²) in [6.45, 7) is 8.46. The average molecular weight is 212 g/mol. The third-order valence-electron chi connectivity index (χ3n) is 3.61. The fourth-order valence-corrected chi connectivity index (χ4v) is 2.52. The molecule has 0 aliphatic heterocycles. The third kappa shape index (κ3) is 2.44. The van der Waals surface area contributed by atoms with Crippen LogP contribution in [0.15, 0.2) is 49.1 Å². The zero-order valence-electron chi connectivity index (χ0n) is 9.91. The van der Waals surface area contributed by atoms with Crippen molar-refractivity contribution in [1.82, 2.24) is 0 Å². The smallest absolute Gasteiger partial charge is 0.0162 e. The van der Waals surface area contributed by atoms with E-state index in [9.17, 15) is 0 Å². The second-order valence-corrected chi connectivity index (χ2v) is 4.70. The minimum atomic E-state index is 0.668. The first-order chi connectivity index (χ1) is 7.79. The summed E-state index contributed by atoms with van der Waals surface area (Å²) in [6, 6.07) is 10.4. The maximum Gasteiger partial charge on any atom is -0.0162 e. The Balaban J connectivity index is 2.07. The quantitative estimate of drug-likeness (QED) is 0.629. The molecule has 0 atom stereocenters. The molecule has 0 aromatic heterocycles. The average Bonchev–Trinajstić information content (AvgIpc) is 2.39. The molecular weight excluding hydrogens is 192 g/mol. The maximum atomic E-state index is 4.26. The molecule has 2 rings (SSSR count). The van der Waals surface area contributed by atoms with Crippen LogP contribution >= 0.6 is 0 Å². The molecule has 0 unspecified atom stereocenters. The monoisotopic (exact) mass is 212 g/mol. The first-order valence-corrected chi connectivity index (χ1v) is 6.22. The molecule has 1 aliphatic carbocycles. The van der Waals surface area contributed by atoms with Gasteiger partial charge in [0.15, 0.2) is 0 Å². The molecule has 1 aliphatic rings. The summed E-state index contributed by atoms with van der Waals surface area (Å²) in [5.41, 5.74) is 3.61. The summed E-state index contributed by atoms with van der Waals surface area (Å²) in [7, 11) is 0. The number of benzene rings is 1. The summed E-state index contributed by atoms with van der Waals surface area (Å²) < 4.78 is 0. The van der Waals surface area contributed by atoms with Crippen LogP contribution in [-0.2, 0) is 0 Å². The molecule has 0 bridgehead atoms. The van der Waals surface area contributed by atoms with Gasteiger partial charge in [0.25, 0.3) is 0 Å². The number of hydrogen-bond donors (Lipinski definition) is 0. The molecule has 0 saturated heterocycles. The Bertz CT molecular complexity index is 366. The molecular formula is C16H20. The minimum absolute atomic E-state index is 0.668. The van der Waals surface area contributed by atoms with Crippen LogP contribution in [0.3, 0.4) is 0 Å². The van der Waals surface area contributed by atoms with Gasteiger partial charge in [0.2, 0.25) is 0 Å². The molecule has 1 aromatic rings. The van der Waals surface area contributed by atoms with Gasteiger partial charge in [-0.25, -0.2) is 0 Å². The highest BCUT2D eigenvalue weighted by molar-refractivity contribution is 5.76. The van der Waals surface area contributed by atoms with E-state index in [0.29, 0.717) is 5.92 Å². The van der Waals surface area contributed by atoms with E-state index < -0.39 is 0 Å². The Morgan fingerprint density at radius 1 is 0.938 bits per heavy atom. The van der Waals surface area contributed by atoms with Gasteiger partial charge >= 0.3 is 0 Å². The molecule has 84 valence electrons. The van der Waals surface area contributed by atoms with Crippen molar-refractivity contribution in [2.45, 2.75) is 32.1 Å². The molecule has 0 radical (unpaired) electrons. The van der Waals surface area contributed by atoms with Gasteiger partial charge in [-0.3, -0.25) is 0 Å². The lowest BCUT2D eigenvalue weighted by atomic mass is 9.80. The van der Waals surface area contributed by atoms with Crippen LogP contribution in [0, 0.1) is 5.92 Å². The van der Waals surface area contributed by atoms with Crippen molar-refractivity contribution in [2.24, 2.45) is 5.92 Å². The predicted octanol–water partition coefficient (Wildman–Crippen LogP) is 4.84. The van der Waals surface area contributed by atoms with Crippen molar-refractivity contribution in [1.29, 1.82) is 0 Å². The topological polar surface area (TPSA) is 0 Å². The summed E-state index contributed by atoms with van der Waals surface area (Å²) in [5, 5.41) is 0. The van der Waals surface area contributed by atoms with E-state index in [0.717, 1.165) is 5.57 Å². The van der Waals surface area contributed by atoms with Crippen LogP contribution in [0.2, 0.25) is 0 Å².